The van der Waals surface area contributed by atoms with Crippen LogP contribution in [-0.4, -0.2) is 60.2 Å². The molecule has 2 fully saturated rings. The van der Waals surface area contributed by atoms with Crippen LogP contribution in [0.2, 0.25) is 0 Å². The lowest BCUT2D eigenvalue weighted by Crippen LogP contribution is -2.42. The van der Waals surface area contributed by atoms with Gasteiger partial charge in [-0.15, -0.1) is 0 Å². The van der Waals surface area contributed by atoms with Gasteiger partial charge in [0.1, 0.15) is 0 Å². The second kappa shape index (κ2) is 6.06. The third-order valence-electron chi connectivity index (χ3n) is 4.43. The third-order valence-corrected chi connectivity index (χ3v) is 4.43. The zero-order valence-electron chi connectivity index (χ0n) is 12.5. The van der Waals surface area contributed by atoms with Crippen LogP contribution >= 0.6 is 0 Å². The average molecular weight is 275 g/mol. The SMILES string of the molecule is CC(C)N1CCCN(c2nccnc2C2CNC2)CC1. The quantitative estimate of drug-likeness (QED) is 0.894. The summed E-state index contributed by atoms with van der Waals surface area (Å²) in [7, 11) is 0. The molecule has 0 saturated carbocycles. The van der Waals surface area contributed by atoms with E-state index in [1.165, 1.54) is 18.7 Å². The molecule has 5 heteroatoms. The Morgan fingerprint density at radius 3 is 2.60 bits per heavy atom. The summed E-state index contributed by atoms with van der Waals surface area (Å²) < 4.78 is 0. The molecule has 0 spiro atoms. The van der Waals surface area contributed by atoms with Crippen molar-refractivity contribution in [1.82, 2.24) is 20.2 Å². The van der Waals surface area contributed by atoms with Crippen molar-refractivity contribution in [3.63, 3.8) is 0 Å². The van der Waals surface area contributed by atoms with Crippen molar-refractivity contribution in [2.45, 2.75) is 32.2 Å². The summed E-state index contributed by atoms with van der Waals surface area (Å²) in [4.78, 5) is 14.2. The van der Waals surface area contributed by atoms with Crippen molar-refractivity contribution in [3.8, 4) is 0 Å². The van der Waals surface area contributed by atoms with Gasteiger partial charge in [-0.1, -0.05) is 0 Å². The van der Waals surface area contributed by atoms with Crippen molar-refractivity contribution >= 4 is 5.82 Å². The predicted molar refractivity (Wildman–Crippen MR) is 81.2 cm³/mol. The van der Waals surface area contributed by atoms with Crippen LogP contribution in [-0.2, 0) is 0 Å². The molecule has 0 radical (unpaired) electrons. The van der Waals surface area contributed by atoms with Gasteiger partial charge in [0, 0.05) is 63.6 Å². The second-order valence-electron chi connectivity index (χ2n) is 6.09. The zero-order chi connectivity index (χ0) is 13.9. The molecule has 2 saturated heterocycles. The van der Waals surface area contributed by atoms with Gasteiger partial charge in [-0.3, -0.25) is 9.88 Å². The van der Waals surface area contributed by atoms with Gasteiger partial charge in [-0.05, 0) is 20.3 Å². The first kappa shape index (κ1) is 13.8. The fourth-order valence-corrected chi connectivity index (χ4v) is 3.02. The Morgan fingerprint density at radius 1 is 1.10 bits per heavy atom. The number of hydrogen-bond acceptors (Lipinski definition) is 5. The van der Waals surface area contributed by atoms with Crippen molar-refractivity contribution < 1.29 is 0 Å². The largest absolute Gasteiger partial charge is 0.354 e. The molecule has 3 rings (SSSR count). The number of nitrogens with one attached hydrogen (secondary N) is 1. The van der Waals surface area contributed by atoms with Crippen molar-refractivity contribution in [2.75, 3.05) is 44.2 Å². The van der Waals surface area contributed by atoms with E-state index in [1.807, 2.05) is 12.4 Å². The number of aromatic nitrogens is 2. The molecule has 0 bridgehead atoms. The maximum Gasteiger partial charge on any atom is 0.150 e. The minimum absolute atomic E-state index is 0.545. The molecule has 110 valence electrons. The van der Waals surface area contributed by atoms with Gasteiger partial charge in [-0.2, -0.15) is 0 Å². The van der Waals surface area contributed by atoms with E-state index in [-0.39, 0.29) is 0 Å². The molecule has 1 aromatic heterocycles. The lowest BCUT2D eigenvalue weighted by molar-refractivity contribution is 0.238. The van der Waals surface area contributed by atoms with E-state index in [0.29, 0.717) is 12.0 Å². The first-order valence-electron chi connectivity index (χ1n) is 7.76. The molecule has 0 amide bonds. The molecular weight excluding hydrogens is 250 g/mol. The van der Waals surface area contributed by atoms with Crippen LogP contribution in [0.5, 0.6) is 0 Å². The smallest absolute Gasteiger partial charge is 0.150 e. The summed E-state index contributed by atoms with van der Waals surface area (Å²) in [5.74, 6) is 1.66. The van der Waals surface area contributed by atoms with Crippen LogP contribution in [0.25, 0.3) is 0 Å². The highest BCUT2D eigenvalue weighted by molar-refractivity contribution is 5.46. The van der Waals surface area contributed by atoms with E-state index >= 15 is 0 Å². The van der Waals surface area contributed by atoms with Crippen molar-refractivity contribution in [2.24, 2.45) is 0 Å². The first-order valence-corrected chi connectivity index (χ1v) is 7.76. The van der Waals surface area contributed by atoms with Gasteiger partial charge in [-0.25, -0.2) is 4.98 Å². The summed E-state index contributed by atoms with van der Waals surface area (Å²) >= 11 is 0. The Labute approximate surface area is 121 Å². The van der Waals surface area contributed by atoms with E-state index in [4.69, 9.17) is 0 Å². The van der Waals surface area contributed by atoms with Crippen LogP contribution in [0.1, 0.15) is 31.9 Å². The van der Waals surface area contributed by atoms with Crippen LogP contribution in [0.4, 0.5) is 5.82 Å². The summed E-state index contributed by atoms with van der Waals surface area (Å²) in [5.41, 5.74) is 1.18. The zero-order valence-corrected chi connectivity index (χ0v) is 12.5. The number of nitrogens with zero attached hydrogens (tertiary/aromatic N) is 4. The highest BCUT2D eigenvalue weighted by Crippen LogP contribution is 2.26. The molecule has 5 nitrogen and oxygen atoms in total. The van der Waals surface area contributed by atoms with Crippen LogP contribution < -0.4 is 10.2 Å². The molecule has 1 aromatic rings. The summed E-state index contributed by atoms with van der Waals surface area (Å²) in [6, 6.07) is 0.632. The van der Waals surface area contributed by atoms with Crippen LogP contribution in [0.3, 0.4) is 0 Å². The molecule has 0 atom stereocenters. The first-order chi connectivity index (χ1) is 9.75. The minimum atomic E-state index is 0.545. The fraction of sp³-hybridized carbons (Fsp3) is 0.733. The normalized spacial score (nSPS) is 21.9. The average Bonchev–Trinajstić information content (AvgIpc) is 2.63. The summed E-state index contributed by atoms with van der Waals surface area (Å²) in [5, 5.41) is 3.33. The van der Waals surface area contributed by atoms with Crippen LogP contribution in [0, 0.1) is 0 Å². The van der Waals surface area contributed by atoms with E-state index < -0.39 is 0 Å². The molecule has 0 aromatic carbocycles. The van der Waals surface area contributed by atoms with E-state index in [1.54, 1.807) is 0 Å². The number of hydrogen-bond donors (Lipinski definition) is 1. The van der Waals surface area contributed by atoms with Gasteiger partial charge < -0.3 is 10.2 Å². The summed E-state index contributed by atoms with van der Waals surface area (Å²) in [6.07, 6.45) is 4.86. The monoisotopic (exact) mass is 275 g/mol. The standard InChI is InChI=1S/C15H25N5/c1-12(2)19-6-3-7-20(9-8-19)15-14(13-10-16-11-13)17-4-5-18-15/h4-5,12-13,16H,3,6-11H2,1-2H3. The fourth-order valence-electron chi connectivity index (χ4n) is 3.02. The molecule has 3 heterocycles. The Balaban J connectivity index is 1.75. The summed E-state index contributed by atoms with van der Waals surface area (Å²) in [6.45, 7) is 11.1. The van der Waals surface area contributed by atoms with E-state index in [2.05, 4.69) is 38.9 Å². The molecule has 2 aliphatic rings. The molecular formula is C15H25N5. The molecule has 0 aliphatic carbocycles. The minimum Gasteiger partial charge on any atom is -0.354 e. The molecule has 20 heavy (non-hydrogen) atoms. The topological polar surface area (TPSA) is 44.3 Å². The van der Waals surface area contributed by atoms with Crippen LogP contribution in [0.15, 0.2) is 12.4 Å². The highest BCUT2D eigenvalue weighted by Gasteiger charge is 2.27. The lowest BCUT2D eigenvalue weighted by atomic mass is 9.98. The van der Waals surface area contributed by atoms with Gasteiger partial charge in [0.15, 0.2) is 5.82 Å². The number of anilines is 1. The maximum atomic E-state index is 4.63. The van der Waals surface area contributed by atoms with Crippen molar-refractivity contribution in [3.05, 3.63) is 18.1 Å². The third kappa shape index (κ3) is 2.79. The Kier molecular flexibility index (Phi) is 4.17. The molecule has 2 aliphatic heterocycles. The van der Waals surface area contributed by atoms with Gasteiger partial charge in [0.2, 0.25) is 0 Å². The Hall–Kier alpha value is -1.20. The van der Waals surface area contributed by atoms with Crippen molar-refractivity contribution in [1.29, 1.82) is 0 Å². The number of rotatable bonds is 3. The maximum absolute atomic E-state index is 4.63. The van der Waals surface area contributed by atoms with E-state index in [9.17, 15) is 0 Å². The van der Waals surface area contributed by atoms with Gasteiger partial charge >= 0.3 is 0 Å². The lowest BCUT2D eigenvalue weighted by Gasteiger charge is -2.31. The Bertz CT molecular complexity index is 444. The highest BCUT2D eigenvalue weighted by atomic mass is 15.3. The second-order valence-corrected chi connectivity index (χ2v) is 6.09. The van der Waals surface area contributed by atoms with Gasteiger partial charge in [0.25, 0.3) is 0 Å². The predicted octanol–water partition coefficient (Wildman–Crippen LogP) is 1.08. The van der Waals surface area contributed by atoms with E-state index in [0.717, 1.165) is 38.5 Å². The Morgan fingerprint density at radius 2 is 1.90 bits per heavy atom. The molecule has 0 unspecified atom stereocenters. The molecule has 1 N–H and O–H groups in total. The van der Waals surface area contributed by atoms with Gasteiger partial charge in [0.05, 0.1) is 5.69 Å².